The Kier molecular flexibility index (Phi) is 6.11. The number of nitrogens with one attached hydrogen (secondary N) is 1. The second-order valence-electron chi connectivity index (χ2n) is 6.57. The van der Waals surface area contributed by atoms with E-state index in [1.165, 1.54) is 0 Å². The third-order valence-electron chi connectivity index (χ3n) is 4.48. The molecule has 0 unspecified atom stereocenters. The summed E-state index contributed by atoms with van der Waals surface area (Å²) in [6.07, 6.45) is 0. The minimum absolute atomic E-state index is 0.108. The van der Waals surface area contributed by atoms with Gasteiger partial charge >= 0.3 is 5.97 Å². The van der Waals surface area contributed by atoms with Gasteiger partial charge in [-0.2, -0.15) is 0 Å². The smallest absolute Gasteiger partial charge is 0.374 e. The van der Waals surface area contributed by atoms with Crippen LogP contribution in [0.25, 0.3) is 11.0 Å². The quantitative estimate of drug-likeness (QED) is 0.634. The van der Waals surface area contributed by atoms with E-state index in [0.29, 0.717) is 30.8 Å². The number of ether oxygens (including phenoxy) is 1. The minimum Gasteiger partial charge on any atom is -0.460 e. The van der Waals surface area contributed by atoms with Gasteiger partial charge in [0.1, 0.15) is 5.58 Å². The number of para-hydroxylation sites is 1. The van der Waals surface area contributed by atoms with E-state index in [0.717, 1.165) is 16.5 Å². The number of nitrogens with zero attached hydrogens (tertiary/aromatic N) is 1. The summed E-state index contributed by atoms with van der Waals surface area (Å²) < 4.78 is 10.9. The molecule has 0 radical (unpaired) electrons. The zero-order chi connectivity index (χ0) is 20.1. The number of fused-ring (bicyclic) bond motifs is 1. The summed E-state index contributed by atoms with van der Waals surface area (Å²) in [5, 5.41) is 3.52. The molecule has 0 aliphatic carbocycles. The van der Waals surface area contributed by atoms with Crippen LogP contribution in [0.5, 0.6) is 0 Å². The van der Waals surface area contributed by atoms with Crippen LogP contribution in [0.15, 0.2) is 52.9 Å². The Balaban J connectivity index is 1.80. The van der Waals surface area contributed by atoms with E-state index in [1.54, 1.807) is 26.1 Å². The van der Waals surface area contributed by atoms with Crippen molar-refractivity contribution >= 4 is 22.8 Å². The molecule has 6 nitrogen and oxygen atoms in total. The van der Waals surface area contributed by atoms with Crippen molar-refractivity contribution in [3.8, 4) is 0 Å². The van der Waals surface area contributed by atoms with Gasteiger partial charge in [0.05, 0.1) is 6.61 Å². The number of benzene rings is 2. The zero-order valence-electron chi connectivity index (χ0n) is 16.3. The summed E-state index contributed by atoms with van der Waals surface area (Å²) in [5.41, 5.74) is 3.18. The van der Waals surface area contributed by atoms with Gasteiger partial charge in [-0.25, -0.2) is 4.79 Å². The fourth-order valence-corrected chi connectivity index (χ4v) is 3.16. The lowest BCUT2D eigenvalue weighted by Crippen LogP contribution is -2.20. The van der Waals surface area contributed by atoms with Crippen LogP contribution in [0.3, 0.4) is 0 Å². The van der Waals surface area contributed by atoms with E-state index in [9.17, 15) is 9.59 Å². The number of furan rings is 1. The van der Waals surface area contributed by atoms with Crippen molar-refractivity contribution in [2.24, 2.45) is 0 Å². The highest BCUT2D eigenvalue weighted by Crippen LogP contribution is 2.28. The van der Waals surface area contributed by atoms with E-state index >= 15 is 0 Å². The highest BCUT2D eigenvalue weighted by molar-refractivity contribution is 5.96. The van der Waals surface area contributed by atoms with E-state index in [1.807, 2.05) is 43.4 Å². The summed E-state index contributed by atoms with van der Waals surface area (Å²) in [7, 11) is 3.59. The number of amides is 1. The first kappa shape index (κ1) is 19.6. The average molecular weight is 380 g/mol. The Morgan fingerprint density at radius 1 is 1.07 bits per heavy atom. The van der Waals surface area contributed by atoms with E-state index in [2.05, 4.69) is 10.2 Å². The molecule has 1 N–H and O–H groups in total. The number of hydrogen-bond acceptors (Lipinski definition) is 5. The highest BCUT2D eigenvalue weighted by atomic mass is 16.5. The Morgan fingerprint density at radius 2 is 1.79 bits per heavy atom. The first-order valence-electron chi connectivity index (χ1n) is 9.20. The molecule has 0 fully saturated rings. The first-order chi connectivity index (χ1) is 13.5. The molecule has 0 atom stereocenters. The van der Waals surface area contributed by atoms with Gasteiger partial charge in [0, 0.05) is 36.7 Å². The molecule has 146 valence electrons. The molecular formula is C22H24N2O4. The SMILES string of the molecule is CCOC(=O)c1oc2ccccc2c1CN(C)Cc1ccc(C(=O)NC)cc1. The van der Waals surface area contributed by atoms with Crippen LogP contribution >= 0.6 is 0 Å². The Morgan fingerprint density at radius 3 is 2.46 bits per heavy atom. The molecule has 1 heterocycles. The minimum atomic E-state index is -0.447. The molecule has 3 rings (SSSR count). The van der Waals surface area contributed by atoms with Crippen molar-refractivity contribution in [3.63, 3.8) is 0 Å². The standard InChI is InChI=1S/C22H24N2O4/c1-4-27-22(26)20-18(17-7-5-6-8-19(17)28-20)14-24(3)13-15-9-11-16(12-10-15)21(25)23-2/h5-12H,4,13-14H2,1-3H3,(H,23,25). The van der Waals surface area contributed by atoms with Crippen molar-refractivity contribution in [3.05, 3.63) is 71.0 Å². The summed E-state index contributed by atoms with van der Waals surface area (Å²) in [4.78, 5) is 26.1. The Hall–Kier alpha value is -3.12. The van der Waals surface area contributed by atoms with Gasteiger partial charge in [0.25, 0.3) is 5.91 Å². The van der Waals surface area contributed by atoms with Gasteiger partial charge in [0.15, 0.2) is 0 Å². The van der Waals surface area contributed by atoms with Gasteiger partial charge in [0.2, 0.25) is 5.76 Å². The third-order valence-corrected chi connectivity index (χ3v) is 4.48. The largest absolute Gasteiger partial charge is 0.460 e. The van der Waals surface area contributed by atoms with Gasteiger partial charge in [-0.15, -0.1) is 0 Å². The number of carbonyl (C=O) groups is 2. The summed E-state index contributed by atoms with van der Waals surface area (Å²) in [5.74, 6) is -0.300. The van der Waals surface area contributed by atoms with Crippen LogP contribution in [0.4, 0.5) is 0 Å². The maximum absolute atomic E-state index is 12.3. The highest BCUT2D eigenvalue weighted by Gasteiger charge is 2.22. The van der Waals surface area contributed by atoms with Gasteiger partial charge in [-0.3, -0.25) is 9.69 Å². The first-order valence-corrected chi connectivity index (χ1v) is 9.20. The lowest BCUT2D eigenvalue weighted by molar-refractivity contribution is 0.0489. The van der Waals surface area contributed by atoms with Crippen LogP contribution in [0.1, 0.15) is 39.0 Å². The molecule has 6 heteroatoms. The molecule has 0 saturated heterocycles. The molecule has 0 saturated carbocycles. The maximum atomic E-state index is 12.3. The van der Waals surface area contributed by atoms with E-state index in [-0.39, 0.29) is 11.7 Å². The van der Waals surface area contributed by atoms with Crippen molar-refractivity contribution in [2.75, 3.05) is 20.7 Å². The van der Waals surface area contributed by atoms with E-state index in [4.69, 9.17) is 9.15 Å². The van der Waals surface area contributed by atoms with Crippen LogP contribution in [0.2, 0.25) is 0 Å². The third kappa shape index (κ3) is 4.23. The fourth-order valence-electron chi connectivity index (χ4n) is 3.16. The second kappa shape index (κ2) is 8.71. The molecule has 1 aromatic heterocycles. The fraction of sp³-hybridized carbons (Fsp3) is 0.273. The van der Waals surface area contributed by atoms with Gasteiger partial charge < -0.3 is 14.5 Å². The van der Waals surface area contributed by atoms with Crippen molar-refractivity contribution in [1.29, 1.82) is 0 Å². The van der Waals surface area contributed by atoms with Crippen LogP contribution in [0, 0.1) is 0 Å². The summed E-state index contributed by atoms with van der Waals surface area (Å²) >= 11 is 0. The number of hydrogen-bond donors (Lipinski definition) is 1. The molecule has 1 amide bonds. The van der Waals surface area contributed by atoms with Crippen molar-refractivity contribution in [1.82, 2.24) is 10.2 Å². The Bertz CT molecular complexity index is 976. The second-order valence-corrected chi connectivity index (χ2v) is 6.57. The van der Waals surface area contributed by atoms with Gasteiger partial charge in [-0.05, 0) is 37.7 Å². The summed E-state index contributed by atoms with van der Waals surface area (Å²) in [6.45, 7) is 3.26. The molecule has 0 spiro atoms. The molecule has 3 aromatic rings. The lowest BCUT2D eigenvalue weighted by Gasteiger charge is -2.17. The van der Waals surface area contributed by atoms with Crippen molar-refractivity contribution in [2.45, 2.75) is 20.0 Å². The van der Waals surface area contributed by atoms with Crippen LogP contribution in [-0.4, -0.2) is 37.5 Å². The monoisotopic (exact) mass is 380 g/mol. The molecule has 28 heavy (non-hydrogen) atoms. The molecule has 0 aliphatic rings. The van der Waals surface area contributed by atoms with E-state index < -0.39 is 5.97 Å². The predicted octanol–water partition coefficient (Wildman–Crippen LogP) is 3.60. The lowest BCUT2D eigenvalue weighted by atomic mass is 10.1. The summed E-state index contributed by atoms with van der Waals surface area (Å²) in [6, 6.07) is 15.1. The predicted molar refractivity (Wildman–Crippen MR) is 107 cm³/mol. The number of carbonyl (C=O) groups excluding carboxylic acids is 2. The zero-order valence-corrected chi connectivity index (χ0v) is 16.3. The normalized spacial score (nSPS) is 11.0. The topological polar surface area (TPSA) is 71.8 Å². The Labute approximate surface area is 164 Å². The molecule has 0 bridgehead atoms. The molecule has 2 aromatic carbocycles. The molecular weight excluding hydrogens is 356 g/mol. The number of rotatable bonds is 7. The number of esters is 1. The van der Waals surface area contributed by atoms with Crippen LogP contribution < -0.4 is 5.32 Å². The van der Waals surface area contributed by atoms with Crippen molar-refractivity contribution < 1.29 is 18.7 Å². The van der Waals surface area contributed by atoms with Crippen LogP contribution in [-0.2, 0) is 17.8 Å². The molecule has 0 aliphatic heterocycles. The average Bonchev–Trinajstić information content (AvgIpc) is 3.06. The van der Waals surface area contributed by atoms with Gasteiger partial charge in [-0.1, -0.05) is 30.3 Å². The maximum Gasteiger partial charge on any atom is 0.374 e.